The zero-order chi connectivity index (χ0) is 25.7. The molecule has 0 unspecified atom stereocenters. The van der Waals surface area contributed by atoms with Crippen LogP contribution in [-0.2, 0) is 20.9 Å². The lowest BCUT2D eigenvalue weighted by atomic mass is 10.1. The molecule has 2 N–H and O–H groups in total. The van der Waals surface area contributed by atoms with Crippen molar-refractivity contribution in [2.24, 2.45) is 9.98 Å². The monoisotopic (exact) mass is 507 g/mol. The molecule has 0 bridgehead atoms. The van der Waals surface area contributed by atoms with E-state index in [9.17, 15) is 14.4 Å². The van der Waals surface area contributed by atoms with E-state index in [-0.39, 0.29) is 42.5 Å². The summed E-state index contributed by atoms with van der Waals surface area (Å²) in [6.07, 6.45) is 0.732. The molecule has 0 saturated heterocycles. The summed E-state index contributed by atoms with van der Waals surface area (Å²) in [6.45, 7) is 4.22. The van der Waals surface area contributed by atoms with E-state index >= 15 is 0 Å². The summed E-state index contributed by atoms with van der Waals surface area (Å²) in [5, 5.41) is 6.15. The van der Waals surface area contributed by atoms with Gasteiger partial charge in [-0.25, -0.2) is 9.89 Å². The number of hydrogen-bond acceptors (Lipinski definition) is 7. The number of aliphatic imine (C=N–C) groups is 2. The topological polar surface area (TPSA) is 112 Å². The summed E-state index contributed by atoms with van der Waals surface area (Å²) < 4.78 is 5.33. The smallest absolute Gasteiger partial charge is 0.259 e. The van der Waals surface area contributed by atoms with Gasteiger partial charge in [0.1, 0.15) is 17.6 Å². The molecule has 3 amide bonds. The van der Waals surface area contributed by atoms with Crippen LogP contribution >= 0.6 is 11.8 Å². The summed E-state index contributed by atoms with van der Waals surface area (Å²) in [6, 6.07) is 14.0. The standard InChI is InChI=1S/C26H29N5O4S/c1-4-16(2)28-23(33)15-36-26-30-19-11-7-6-10-18(19)24-29-20(25(34)31(24)26)13-22(32)27-14-17-9-5-8-12-21(17)35-3/h5-12,16,20H,4,13-15H2,1-3H3,(H,27,32)(H,28,33)/t16-,20-/m1/s1. The number of methoxy groups -OCH3 is 1. The van der Waals surface area contributed by atoms with Gasteiger partial charge >= 0.3 is 0 Å². The van der Waals surface area contributed by atoms with Gasteiger partial charge < -0.3 is 15.4 Å². The third-order valence-electron chi connectivity index (χ3n) is 5.95. The zero-order valence-electron chi connectivity index (χ0n) is 20.5. The molecule has 0 radical (unpaired) electrons. The Kier molecular flexibility index (Phi) is 8.04. The maximum absolute atomic E-state index is 13.4. The van der Waals surface area contributed by atoms with Crippen LogP contribution in [0.15, 0.2) is 58.5 Å². The first-order valence-electron chi connectivity index (χ1n) is 11.8. The summed E-state index contributed by atoms with van der Waals surface area (Å²) >= 11 is 1.18. The predicted octanol–water partition coefficient (Wildman–Crippen LogP) is 3.01. The van der Waals surface area contributed by atoms with E-state index in [1.165, 1.54) is 16.7 Å². The van der Waals surface area contributed by atoms with Crippen molar-refractivity contribution in [1.82, 2.24) is 15.5 Å². The minimum absolute atomic E-state index is 0.0661. The number of benzene rings is 2. The molecule has 4 rings (SSSR count). The van der Waals surface area contributed by atoms with Crippen LogP contribution in [0.4, 0.5) is 5.69 Å². The van der Waals surface area contributed by atoms with Crippen molar-refractivity contribution in [3.8, 4) is 5.75 Å². The maximum Gasteiger partial charge on any atom is 0.259 e. The Labute approximate surface area is 214 Å². The molecule has 2 aliphatic rings. The van der Waals surface area contributed by atoms with E-state index < -0.39 is 6.04 Å². The van der Waals surface area contributed by atoms with Crippen molar-refractivity contribution in [3.63, 3.8) is 0 Å². The van der Waals surface area contributed by atoms with E-state index in [1.807, 2.05) is 62.4 Å². The van der Waals surface area contributed by atoms with Crippen molar-refractivity contribution in [3.05, 3.63) is 59.7 Å². The number of nitrogens with zero attached hydrogens (tertiary/aromatic N) is 3. The van der Waals surface area contributed by atoms with Gasteiger partial charge in [0.05, 0.1) is 25.0 Å². The molecule has 2 atom stereocenters. The lowest BCUT2D eigenvalue weighted by Gasteiger charge is -2.25. The second-order valence-electron chi connectivity index (χ2n) is 8.51. The lowest BCUT2D eigenvalue weighted by Crippen LogP contribution is -2.42. The highest BCUT2D eigenvalue weighted by molar-refractivity contribution is 8.14. The summed E-state index contributed by atoms with van der Waals surface area (Å²) in [7, 11) is 1.58. The average Bonchev–Trinajstić information content (AvgIpc) is 3.22. The van der Waals surface area contributed by atoms with Crippen LogP contribution in [0.1, 0.15) is 37.8 Å². The van der Waals surface area contributed by atoms with Crippen molar-refractivity contribution in [2.45, 2.75) is 45.3 Å². The number of amidine groups is 2. The van der Waals surface area contributed by atoms with Gasteiger partial charge in [-0.3, -0.25) is 19.4 Å². The number of ether oxygens (including phenoxy) is 1. The fourth-order valence-corrected chi connectivity index (χ4v) is 4.68. The van der Waals surface area contributed by atoms with Gasteiger partial charge in [0.15, 0.2) is 5.17 Å². The minimum Gasteiger partial charge on any atom is -0.496 e. The molecule has 0 spiro atoms. The highest BCUT2D eigenvalue weighted by atomic mass is 32.2. The third kappa shape index (κ3) is 5.59. The zero-order valence-corrected chi connectivity index (χ0v) is 21.3. The van der Waals surface area contributed by atoms with E-state index in [1.54, 1.807) is 7.11 Å². The molecule has 0 fully saturated rings. The second kappa shape index (κ2) is 11.4. The van der Waals surface area contributed by atoms with Gasteiger partial charge in [-0.1, -0.05) is 49.0 Å². The first-order valence-corrected chi connectivity index (χ1v) is 12.8. The molecule has 10 heteroatoms. The molecular formula is C26H29N5O4S. The van der Waals surface area contributed by atoms with Gasteiger partial charge in [-0.15, -0.1) is 0 Å². The molecule has 36 heavy (non-hydrogen) atoms. The largest absolute Gasteiger partial charge is 0.496 e. The first kappa shape index (κ1) is 25.4. The molecule has 2 aromatic rings. The van der Waals surface area contributed by atoms with Crippen molar-refractivity contribution >= 4 is 46.2 Å². The number of amides is 3. The Morgan fingerprint density at radius 1 is 1.14 bits per heavy atom. The predicted molar refractivity (Wildman–Crippen MR) is 141 cm³/mol. The van der Waals surface area contributed by atoms with Crippen molar-refractivity contribution in [1.29, 1.82) is 0 Å². The Morgan fingerprint density at radius 3 is 2.67 bits per heavy atom. The van der Waals surface area contributed by atoms with Gasteiger partial charge in [0, 0.05) is 23.7 Å². The Balaban J connectivity index is 1.47. The van der Waals surface area contributed by atoms with E-state index in [2.05, 4.69) is 20.6 Å². The van der Waals surface area contributed by atoms with Gasteiger partial charge in [-0.2, -0.15) is 0 Å². The van der Waals surface area contributed by atoms with E-state index in [4.69, 9.17) is 4.74 Å². The highest BCUT2D eigenvalue weighted by Crippen LogP contribution is 2.34. The van der Waals surface area contributed by atoms with Gasteiger partial charge in [0.25, 0.3) is 5.91 Å². The molecule has 9 nitrogen and oxygen atoms in total. The molecule has 2 aromatic carbocycles. The van der Waals surface area contributed by atoms with E-state index in [0.29, 0.717) is 22.4 Å². The fraction of sp³-hybridized carbons (Fsp3) is 0.346. The van der Waals surface area contributed by atoms with Crippen LogP contribution in [0.3, 0.4) is 0 Å². The van der Waals surface area contributed by atoms with Gasteiger partial charge in [-0.05, 0) is 31.5 Å². The third-order valence-corrected chi connectivity index (χ3v) is 6.89. The normalized spacial score (nSPS) is 16.9. The van der Waals surface area contributed by atoms with E-state index in [0.717, 1.165) is 17.5 Å². The molecule has 2 heterocycles. The minimum atomic E-state index is -0.872. The molecule has 0 saturated carbocycles. The molecular weight excluding hydrogens is 478 g/mol. The lowest BCUT2D eigenvalue weighted by molar-refractivity contribution is -0.128. The number of nitrogens with one attached hydrogen (secondary N) is 2. The second-order valence-corrected chi connectivity index (χ2v) is 9.45. The Hall–Kier alpha value is -3.66. The number of fused-ring (bicyclic) bond motifs is 3. The van der Waals surface area contributed by atoms with Gasteiger partial charge in [0.2, 0.25) is 11.8 Å². The Morgan fingerprint density at radius 2 is 1.89 bits per heavy atom. The molecule has 2 aliphatic heterocycles. The quantitative estimate of drug-likeness (QED) is 0.542. The number of thioether (sulfide) groups is 1. The SMILES string of the molecule is CC[C@@H](C)NC(=O)CSC1=Nc2ccccc2C2=N[C@H](CC(=O)NCc3ccccc3OC)C(=O)N12. The van der Waals surface area contributed by atoms with Crippen molar-refractivity contribution < 1.29 is 19.1 Å². The Bertz CT molecular complexity index is 1230. The number of para-hydroxylation sites is 2. The van der Waals surface area contributed by atoms with Crippen LogP contribution in [0, 0.1) is 0 Å². The number of carbonyl (C=O) groups is 3. The molecule has 0 aliphatic carbocycles. The first-order chi connectivity index (χ1) is 17.4. The fourth-order valence-electron chi connectivity index (χ4n) is 3.87. The summed E-state index contributed by atoms with van der Waals surface area (Å²) in [5.41, 5.74) is 2.23. The summed E-state index contributed by atoms with van der Waals surface area (Å²) in [5.74, 6) is 0.494. The van der Waals surface area contributed by atoms with Crippen molar-refractivity contribution in [2.75, 3.05) is 12.9 Å². The van der Waals surface area contributed by atoms with Crippen LogP contribution in [0.25, 0.3) is 0 Å². The average molecular weight is 508 g/mol. The number of carbonyl (C=O) groups excluding carboxylic acids is 3. The van der Waals surface area contributed by atoms with Crippen LogP contribution in [0.5, 0.6) is 5.75 Å². The molecule has 0 aromatic heterocycles. The highest BCUT2D eigenvalue weighted by Gasteiger charge is 2.42. The number of hydrogen-bond donors (Lipinski definition) is 2. The molecule has 188 valence electrons. The maximum atomic E-state index is 13.4. The van der Waals surface area contributed by atoms with Crippen LogP contribution in [-0.4, -0.2) is 58.6 Å². The summed E-state index contributed by atoms with van der Waals surface area (Å²) in [4.78, 5) is 49.1. The number of rotatable bonds is 9. The van der Waals surface area contributed by atoms with Crippen LogP contribution in [0.2, 0.25) is 0 Å². The van der Waals surface area contributed by atoms with Crippen LogP contribution < -0.4 is 15.4 Å².